The Morgan fingerprint density at radius 3 is 3.05 bits per heavy atom. The van der Waals surface area contributed by atoms with E-state index < -0.39 is 5.91 Å². The maximum Gasteiger partial charge on any atom is 0.287 e. The third-order valence-corrected chi connectivity index (χ3v) is 2.63. The molecule has 0 radical (unpaired) electrons. The second kappa shape index (κ2) is 6.53. The lowest BCUT2D eigenvalue weighted by Crippen LogP contribution is -2.30. The van der Waals surface area contributed by atoms with E-state index in [-0.39, 0.29) is 12.3 Å². The van der Waals surface area contributed by atoms with Crippen molar-refractivity contribution in [2.24, 2.45) is 5.84 Å². The van der Waals surface area contributed by atoms with Crippen LogP contribution in [0.5, 0.6) is 5.75 Å². The van der Waals surface area contributed by atoms with Gasteiger partial charge in [0.15, 0.2) is 11.5 Å². The van der Waals surface area contributed by atoms with Crippen LogP contribution in [0.4, 0.5) is 0 Å². The highest BCUT2D eigenvalue weighted by atomic mass is 16.5. The standard InChI is InChI=1S/C14H15N3O3/c1-2-5-10-6-3-4-7-13(10)19-9-11-8-12(17-20-11)14(18)16-15/h2-4,6-8H,1,5,9,15H2,(H,16,18). The van der Waals surface area contributed by atoms with Crippen LogP contribution in [0.3, 0.4) is 0 Å². The Morgan fingerprint density at radius 2 is 2.30 bits per heavy atom. The fraction of sp³-hybridized carbons (Fsp3) is 0.143. The van der Waals surface area contributed by atoms with E-state index in [1.54, 1.807) is 6.08 Å². The molecular formula is C14H15N3O3. The van der Waals surface area contributed by atoms with Crippen molar-refractivity contribution >= 4 is 5.91 Å². The normalized spacial score (nSPS) is 10.1. The zero-order valence-corrected chi connectivity index (χ0v) is 10.8. The van der Waals surface area contributed by atoms with Crippen molar-refractivity contribution in [3.05, 3.63) is 60.0 Å². The molecule has 1 amide bonds. The summed E-state index contributed by atoms with van der Waals surface area (Å²) in [6, 6.07) is 9.13. The van der Waals surface area contributed by atoms with Crippen LogP contribution in [-0.2, 0) is 13.0 Å². The lowest BCUT2D eigenvalue weighted by molar-refractivity contribution is 0.0944. The Labute approximate surface area is 116 Å². The molecule has 6 nitrogen and oxygen atoms in total. The number of hydrogen-bond acceptors (Lipinski definition) is 5. The first-order chi connectivity index (χ1) is 9.74. The van der Waals surface area contributed by atoms with Gasteiger partial charge >= 0.3 is 0 Å². The highest BCUT2D eigenvalue weighted by Crippen LogP contribution is 2.20. The van der Waals surface area contributed by atoms with Crippen LogP contribution in [0.25, 0.3) is 0 Å². The predicted octanol–water partition coefficient (Wildman–Crippen LogP) is 1.59. The van der Waals surface area contributed by atoms with E-state index in [1.165, 1.54) is 6.07 Å². The van der Waals surface area contributed by atoms with E-state index in [4.69, 9.17) is 15.1 Å². The summed E-state index contributed by atoms with van der Waals surface area (Å²) in [6.45, 7) is 3.89. The van der Waals surface area contributed by atoms with E-state index in [0.29, 0.717) is 12.2 Å². The summed E-state index contributed by atoms with van der Waals surface area (Å²) in [5, 5.41) is 3.59. The molecule has 0 bridgehead atoms. The lowest BCUT2D eigenvalue weighted by Gasteiger charge is -2.08. The monoisotopic (exact) mass is 273 g/mol. The summed E-state index contributed by atoms with van der Waals surface area (Å²) in [6.07, 6.45) is 2.52. The number of carbonyl (C=O) groups is 1. The van der Waals surface area contributed by atoms with Crippen LogP contribution < -0.4 is 16.0 Å². The molecule has 0 fully saturated rings. The number of ether oxygens (including phenoxy) is 1. The van der Waals surface area contributed by atoms with Crippen molar-refractivity contribution in [2.75, 3.05) is 0 Å². The maximum atomic E-state index is 11.2. The molecule has 0 aliphatic rings. The van der Waals surface area contributed by atoms with Gasteiger partial charge in [0.25, 0.3) is 5.91 Å². The van der Waals surface area contributed by atoms with Gasteiger partial charge in [-0.15, -0.1) is 6.58 Å². The number of para-hydroxylation sites is 1. The summed E-state index contributed by atoms with van der Waals surface area (Å²) in [4.78, 5) is 11.2. The van der Waals surface area contributed by atoms with Gasteiger partial charge in [-0.25, -0.2) is 5.84 Å². The van der Waals surface area contributed by atoms with Crippen LogP contribution in [0.1, 0.15) is 21.8 Å². The number of carbonyl (C=O) groups excluding carboxylic acids is 1. The van der Waals surface area contributed by atoms with Gasteiger partial charge in [-0.2, -0.15) is 0 Å². The lowest BCUT2D eigenvalue weighted by atomic mass is 10.1. The van der Waals surface area contributed by atoms with Crippen LogP contribution >= 0.6 is 0 Å². The van der Waals surface area contributed by atoms with Crippen LogP contribution in [0.2, 0.25) is 0 Å². The highest BCUT2D eigenvalue weighted by Gasteiger charge is 2.11. The summed E-state index contributed by atoms with van der Waals surface area (Å²) < 4.78 is 10.7. The molecule has 6 heteroatoms. The molecule has 0 spiro atoms. The molecule has 1 aromatic heterocycles. The number of benzene rings is 1. The second-order valence-corrected chi connectivity index (χ2v) is 4.04. The topological polar surface area (TPSA) is 90.4 Å². The van der Waals surface area contributed by atoms with Crippen molar-refractivity contribution in [1.29, 1.82) is 0 Å². The Hall–Kier alpha value is -2.60. The molecule has 0 saturated heterocycles. The minimum absolute atomic E-state index is 0.116. The van der Waals surface area contributed by atoms with E-state index in [9.17, 15) is 4.79 Å². The molecular weight excluding hydrogens is 258 g/mol. The quantitative estimate of drug-likeness (QED) is 0.361. The summed E-state index contributed by atoms with van der Waals surface area (Å²) in [5.41, 5.74) is 3.13. The van der Waals surface area contributed by atoms with Crippen molar-refractivity contribution in [3.8, 4) is 5.75 Å². The van der Waals surface area contributed by atoms with Crippen molar-refractivity contribution < 1.29 is 14.1 Å². The van der Waals surface area contributed by atoms with Gasteiger partial charge in [-0.1, -0.05) is 29.4 Å². The Kier molecular flexibility index (Phi) is 4.52. The van der Waals surface area contributed by atoms with Gasteiger partial charge in [0.2, 0.25) is 0 Å². The molecule has 2 rings (SSSR count). The van der Waals surface area contributed by atoms with Gasteiger partial charge in [-0.3, -0.25) is 10.2 Å². The summed E-state index contributed by atoms with van der Waals surface area (Å²) >= 11 is 0. The molecule has 104 valence electrons. The minimum atomic E-state index is -0.507. The first kappa shape index (κ1) is 13.8. The number of hydrazine groups is 1. The van der Waals surface area contributed by atoms with Gasteiger partial charge in [-0.05, 0) is 18.1 Å². The number of nitrogens with one attached hydrogen (secondary N) is 1. The fourth-order valence-corrected chi connectivity index (χ4v) is 1.68. The average Bonchev–Trinajstić information content (AvgIpc) is 2.95. The molecule has 20 heavy (non-hydrogen) atoms. The van der Waals surface area contributed by atoms with Gasteiger partial charge in [0, 0.05) is 6.07 Å². The van der Waals surface area contributed by atoms with Crippen molar-refractivity contribution in [3.63, 3.8) is 0 Å². The summed E-state index contributed by atoms with van der Waals surface area (Å²) in [7, 11) is 0. The Balaban J connectivity index is 2.03. The molecule has 2 aromatic rings. The smallest absolute Gasteiger partial charge is 0.287 e. The number of hydrogen-bond donors (Lipinski definition) is 2. The van der Waals surface area contributed by atoms with Crippen LogP contribution in [0, 0.1) is 0 Å². The fourth-order valence-electron chi connectivity index (χ4n) is 1.68. The number of amides is 1. The molecule has 0 saturated carbocycles. The highest BCUT2D eigenvalue weighted by molar-refractivity contribution is 5.91. The first-order valence-corrected chi connectivity index (χ1v) is 6.02. The molecule has 0 unspecified atom stereocenters. The van der Waals surface area contributed by atoms with Gasteiger partial charge < -0.3 is 9.26 Å². The zero-order valence-electron chi connectivity index (χ0n) is 10.8. The SMILES string of the molecule is C=CCc1ccccc1OCc1cc(C(=O)NN)no1. The third kappa shape index (κ3) is 3.24. The van der Waals surface area contributed by atoms with E-state index in [2.05, 4.69) is 11.7 Å². The van der Waals surface area contributed by atoms with Crippen molar-refractivity contribution in [2.45, 2.75) is 13.0 Å². The van der Waals surface area contributed by atoms with Crippen LogP contribution in [0.15, 0.2) is 47.5 Å². The molecule has 1 aromatic carbocycles. The molecule has 0 aliphatic carbocycles. The van der Waals surface area contributed by atoms with E-state index in [0.717, 1.165) is 11.3 Å². The third-order valence-electron chi connectivity index (χ3n) is 2.63. The van der Waals surface area contributed by atoms with Crippen LogP contribution in [-0.4, -0.2) is 11.1 Å². The minimum Gasteiger partial charge on any atom is -0.485 e. The largest absolute Gasteiger partial charge is 0.485 e. The maximum absolute atomic E-state index is 11.2. The number of nitrogens with two attached hydrogens (primary N) is 1. The molecule has 0 aliphatic heterocycles. The molecule has 1 heterocycles. The molecule has 0 atom stereocenters. The average molecular weight is 273 g/mol. The Morgan fingerprint density at radius 1 is 1.50 bits per heavy atom. The summed E-state index contributed by atoms with van der Waals surface area (Å²) in [5.74, 6) is 5.69. The van der Waals surface area contributed by atoms with Gasteiger partial charge in [0.1, 0.15) is 12.4 Å². The number of nitrogen functional groups attached to an aromatic ring is 1. The number of allylic oxidation sites excluding steroid dienone is 1. The number of aromatic nitrogens is 1. The molecule has 3 N–H and O–H groups in total. The second-order valence-electron chi connectivity index (χ2n) is 4.04. The van der Waals surface area contributed by atoms with Gasteiger partial charge in [0.05, 0.1) is 0 Å². The predicted molar refractivity (Wildman–Crippen MR) is 72.8 cm³/mol. The zero-order chi connectivity index (χ0) is 14.4. The van der Waals surface area contributed by atoms with E-state index in [1.807, 2.05) is 29.7 Å². The Bertz CT molecular complexity index is 607. The number of rotatable bonds is 6. The first-order valence-electron chi connectivity index (χ1n) is 6.02. The van der Waals surface area contributed by atoms with E-state index >= 15 is 0 Å². The van der Waals surface area contributed by atoms with Crippen molar-refractivity contribution in [1.82, 2.24) is 10.6 Å². The number of nitrogens with zero attached hydrogens (tertiary/aromatic N) is 1.